The van der Waals surface area contributed by atoms with Gasteiger partial charge in [-0.25, -0.2) is 9.59 Å². The lowest BCUT2D eigenvalue weighted by molar-refractivity contribution is -0.140. The zero-order chi connectivity index (χ0) is 17.9. The first kappa shape index (κ1) is 21.4. The van der Waals surface area contributed by atoms with Crippen LogP contribution in [0, 0.1) is 0 Å². The van der Waals surface area contributed by atoms with Crippen molar-refractivity contribution in [2.75, 3.05) is 46.6 Å². The van der Waals surface area contributed by atoms with E-state index in [1.54, 1.807) is 14.0 Å². The molecule has 0 rings (SSSR count). The minimum Gasteiger partial charge on any atom is -0.460 e. The number of amides is 1. The Bertz CT molecular complexity index is 389. The Morgan fingerprint density at radius 2 is 1.52 bits per heavy atom. The second kappa shape index (κ2) is 11.0. The quantitative estimate of drug-likeness (QED) is 0.346. The smallest absolute Gasteiger partial charge is 0.410 e. The van der Waals surface area contributed by atoms with Crippen molar-refractivity contribution in [3.8, 4) is 0 Å². The number of likely N-dealkylation sites (N-methyl/N-ethyl adjacent to an activating group) is 1. The highest BCUT2D eigenvalue weighted by Gasteiger charge is 2.19. The number of esters is 1. The summed E-state index contributed by atoms with van der Waals surface area (Å²) in [5.41, 5.74) is -0.143. The van der Waals surface area contributed by atoms with Gasteiger partial charge in [0.05, 0.1) is 26.4 Å². The van der Waals surface area contributed by atoms with Gasteiger partial charge in [-0.1, -0.05) is 6.58 Å². The average Bonchev–Trinajstić information content (AvgIpc) is 2.42. The lowest BCUT2D eigenvalue weighted by Gasteiger charge is -2.24. The molecule has 0 spiro atoms. The van der Waals surface area contributed by atoms with Gasteiger partial charge in [-0.15, -0.1) is 0 Å². The molecule has 0 radical (unpaired) electrons. The molecular formula is C16H29NO6. The van der Waals surface area contributed by atoms with Crippen LogP contribution >= 0.6 is 0 Å². The molecule has 0 fully saturated rings. The number of hydrogen-bond acceptors (Lipinski definition) is 6. The van der Waals surface area contributed by atoms with Crippen LogP contribution in [-0.4, -0.2) is 69.2 Å². The van der Waals surface area contributed by atoms with Crippen molar-refractivity contribution in [2.45, 2.75) is 33.3 Å². The van der Waals surface area contributed by atoms with Gasteiger partial charge in [0.2, 0.25) is 0 Å². The highest BCUT2D eigenvalue weighted by molar-refractivity contribution is 5.86. The van der Waals surface area contributed by atoms with E-state index >= 15 is 0 Å². The van der Waals surface area contributed by atoms with Crippen LogP contribution in [0.1, 0.15) is 27.7 Å². The van der Waals surface area contributed by atoms with Crippen molar-refractivity contribution < 1.29 is 28.5 Å². The molecule has 1 amide bonds. The first-order valence-electron chi connectivity index (χ1n) is 7.55. The molecule has 0 aliphatic carbocycles. The van der Waals surface area contributed by atoms with Gasteiger partial charge in [0.15, 0.2) is 0 Å². The zero-order valence-electron chi connectivity index (χ0n) is 14.8. The Labute approximate surface area is 138 Å². The van der Waals surface area contributed by atoms with E-state index in [0.717, 1.165) is 0 Å². The fraction of sp³-hybridized carbons (Fsp3) is 0.750. The summed E-state index contributed by atoms with van der Waals surface area (Å²) in [6, 6.07) is 0. The summed E-state index contributed by atoms with van der Waals surface area (Å²) in [4.78, 5) is 24.2. The number of rotatable bonds is 10. The Hall–Kier alpha value is -1.60. The van der Waals surface area contributed by atoms with Gasteiger partial charge in [-0.2, -0.15) is 0 Å². The molecule has 7 heteroatoms. The fourth-order valence-electron chi connectivity index (χ4n) is 1.27. The third-order valence-corrected chi connectivity index (χ3v) is 2.46. The largest absolute Gasteiger partial charge is 0.460 e. The van der Waals surface area contributed by atoms with E-state index in [4.69, 9.17) is 18.9 Å². The van der Waals surface area contributed by atoms with E-state index in [9.17, 15) is 9.59 Å². The predicted octanol–water partition coefficient (Wildman–Crippen LogP) is 2.01. The summed E-state index contributed by atoms with van der Waals surface area (Å²) >= 11 is 0. The van der Waals surface area contributed by atoms with Crippen molar-refractivity contribution in [1.29, 1.82) is 0 Å². The van der Waals surface area contributed by atoms with Crippen molar-refractivity contribution in [3.63, 3.8) is 0 Å². The van der Waals surface area contributed by atoms with Gasteiger partial charge in [-0.3, -0.25) is 0 Å². The Balaban J connectivity index is 3.51. The molecule has 0 saturated carbocycles. The van der Waals surface area contributed by atoms with E-state index in [1.807, 2.05) is 20.8 Å². The number of nitrogens with zero attached hydrogens (tertiary/aromatic N) is 1. The van der Waals surface area contributed by atoms with Gasteiger partial charge in [-0.05, 0) is 27.7 Å². The van der Waals surface area contributed by atoms with Crippen molar-refractivity contribution in [3.05, 3.63) is 12.2 Å². The molecule has 0 N–H and O–H groups in total. The molecule has 0 saturated heterocycles. The second-order valence-electron chi connectivity index (χ2n) is 6.04. The first-order valence-corrected chi connectivity index (χ1v) is 7.55. The predicted molar refractivity (Wildman–Crippen MR) is 86.3 cm³/mol. The molecule has 134 valence electrons. The molecular weight excluding hydrogens is 302 g/mol. The van der Waals surface area contributed by atoms with Crippen molar-refractivity contribution >= 4 is 12.1 Å². The summed E-state index contributed by atoms with van der Waals surface area (Å²) < 4.78 is 20.7. The van der Waals surface area contributed by atoms with E-state index in [2.05, 4.69) is 6.58 Å². The minimum atomic E-state index is -0.506. The van der Waals surface area contributed by atoms with Crippen LogP contribution in [0.2, 0.25) is 0 Å². The molecule has 0 aliphatic heterocycles. The molecule has 23 heavy (non-hydrogen) atoms. The van der Waals surface area contributed by atoms with E-state index in [1.165, 1.54) is 4.90 Å². The molecule has 0 atom stereocenters. The summed E-state index contributed by atoms with van der Waals surface area (Å²) in [5, 5.41) is 0. The highest BCUT2D eigenvalue weighted by Crippen LogP contribution is 2.08. The molecule has 0 bridgehead atoms. The van der Waals surface area contributed by atoms with Crippen LogP contribution in [0.25, 0.3) is 0 Å². The summed E-state index contributed by atoms with van der Waals surface area (Å²) in [5.74, 6) is -0.421. The maximum atomic E-state index is 11.7. The second-order valence-corrected chi connectivity index (χ2v) is 6.04. The highest BCUT2D eigenvalue weighted by atomic mass is 16.6. The van der Waals surface area contributed by atoms with Gasteiger partial charge < -0.3 is 23.8 Å². The molecule has 7 nitrogen and oxygen atoms in total. The molecule has 0 aromatic rings. The van der Waals surface area contributed by atoms with Gasteiger partial charge in [0, 0.05) is 19.2 Å². The Morgan fingerprint density at radius 3 is 2.04 bits per heavy atom. The molecule has 0 aromatic heterocycles. The summed E-state index contributed by atoms with van der Waals surface area (Å²) in [7, 11) is 1.66. The van der Waals surface area contributed by atoms with Gasteiger partial charge >= 0.3 is 12.1 Å². The van der Waals surface area contributed by atoms with Crippen LogP contribution in [0.5, 0.6) is 0 Å². The van der Waals surface area contributed by atoms with E-state index in [0.29, 0.717) is 38.5 Å². The van der Waals surface area contributed by atoms with Crippen LogP contribution < -0.4 is 0 Å². The van der Waals surface area contributed by atoms with Crippen LogP contribution in [-0.2, 0) is 23.7 Å². The monoisotopic (exact) mass is 331 g/mol. The summed E-state index contributed by atoms with van der Waals surface area (Å²) in [6.45, 7) is 12.6. The number of ether oxygens (including phenoxy) is 4. The van der Waals surface area contributed by atoms with Gasteiger partial charge in [0.1, 0.15) is 12.2 Å². The van der Waals surface area contributed by atoms with E-state index < -0.39 is 11.6 Å². The number of carbonyl (C=O) groups excluding carboxylic acids is 2. The average molecular weight is 331 g/mol. The third kappa shape index (κ3) is 12.6. The molecule has 0 unspecified atom stereocenters. The maximum absolute atomic E-state index is 11.7. The first-order chi connectivity index (χ1) is 10.6. The van der Waals surface area contributed by atoms with Crippen LogP contribution in [0.15, 0.2) is 12.2 Å². The van der Waals surface area contributed by atoms with Gasteiger partial charge in [0.25, 0.3) is 0 Å². The lowest BCUT2D eigenvalue weighted by atomic mass is 10.2. The maximum Gasteiger partial charge on any atom is 0.410 e. The summed E-state index contributed by atoms with van der Waals surface area (Å²) in [6.07, 6.45) is -0.378. The Kier molecular flexibility index (Phi) is 10.2. The fourth-order valence-corrected chi connectivity index (χ4v) is 1.27. The van der Waals surface area contributed by atoms with Crippen molar-refractivity contribution in [2.24, 2.45) is 0 Å². The Morgan fingerprint density at radius 1 is 1.00 bits per heavy atom. The number of hydrogen-bond donors (Lipinski definition) is 0. The topological polar surface area (TPSA) is 74.3 Å². The SMILES string of the molecule is C=C(C)C(=O)OCCOCCOCCN(C)C(=O)OC(C)(C)C. The van der Waals surface area contributed by atoms with E-state index in [-0.39, 0.29) is 12.7 Å². The van der Waals surface area contributed by atoms with Crippen molar-refractivity contribution in [1.82, 2.24) is 4.90 Å². The standard InChI is InChI=1S/C16H29NO6/c1-13(2)14(18)22-12-11-21-10-9-20-8-7-17(6)15(19)23-16(3,4)5/h1,7-12H2,2-6H3. The number of carbonyl (C=O) groups is 2. The minimum absolute atomic E-state index is 0.188. The molecule has 0 aromatic carbocycles. The normalized spacial score (nSPS) is 11.0. The molecule has 0 aliphatic rings. The molecule has 0 heterocycles. The zero-order valence-corrected chi connectivity index (χ0v) is 14.8. The van der Waals surface area contributed by atoms with Crippen LogP contribution in [0.3, 0.4) is 0 Å². The third-order valence-electron chi connectivity index (χ3n) is 2.46. The lowest BCUT2D eigenvalue weighted by Crippen LogP contribution is -2.36. The van der Waals surface area contributed by atoms with Crippen LogP contribution in [0.4, 0.5) is 4.79 Å².